The number of hydrogen-bond acceptors (Lipinski definition) is 3. The minimum atomic E-state index is -1.03. The number of rotatable bonds is 5. The standard InChI is InChI=1S/C12H15NO3/c1-3-6-13-11(12(15)16)9-7-8(2)4-5-10(9)14/h3-5,7,11,13-14H,1,6H2,2H3,(H,15,16). The maximum absolute atomic E-state index is 11.1. The molecule has 1 unspecified atom stereocenters. The number of carboxylic acids is 1. The number of carbonyl (C=O) groups is 1. The zero-order valence-electron chi connectivity index (χ0n) is 9.10. The van der Waals surface area contributed by atoms with E-state index in [2.05, 4.69) is 11.9 Å². The van der Waals surface area contributed by atoms with Crippen molar-refractivity contribution >= 4 is 5.97 Å². The van der Waals surface area contributed by atoms with Crippen LogP contribution in [0.5, 0.6) is 5.75 Å². The van der Waals surface area contributed by atoms with Gasteiger partial charge in [0.25, 0.3) is 0 Å². The summed E-state index contributed by atoms with van der Waals surface area (Å²) in [6.07, 6.45) is 1.57. The molecule has 0 fully saturated rings. The predicted octanol–water partition coefficient (Wildman–Crippen LogP) is 1.60. The van der Waals surface area contributed by atoms with Gasteiger partial charge in [-0.05, 0) is 13.0 Å². The summed E-state index contributed by atoms with van der Waals surface area (Å²) in [6.45, 7) is 5.72. The summed E-state index contributed by atoms with van der Waals surface area (Å²) in [5.41, 5.74) is 1.27. The lowest BCUT2D eigenvalue weighted by Gasteiger charge is -2.15. The number of benzene rings is 1. The fraction of sp³-hybridized carbons (Fsp3) is 0.250. The molecule has 0 aromatic heterocycles. The third-order valence-corrected chi connectivity index (χ3v) is 2.21. The molecule has 0 amide bonds. The normalized spacial score (nSPS) is 12.1. The number of carboxylic acid groups (broad SMARTS) is 1. The Hall–Kier alpha value is -1.81. The lowest BCUT2D eigenvalue weighted by Crippen LogP contribution is -2.28. The molecule has 16 heavy (non-hydrogen) atoms. The van der Waals surface area contributed by atoms with Crippen LogP contribution in [0.4, 0.5) is 0 Å². The van der Waals surface area contributed by atoms with Crippen LogP contribution in [0.15, 0.2) is 30.9 Å². The summed E-state index contributed by atoms with van der Waals surface area (Å²) in [5.74, 6) is -1.04. The molecule has 3 N–H and O–H groups in total. The number of aryl methyl sites for hydroxylation is 1. The van der Waals surface area contributed by atoms with E-state index in [1.807, 2.05) is 6.92 Å². The van der Waals surface area contributed by atoms with Crippen LogP contribution in [0, 0.1) is 6.92 Å². The van der Waals surface area contributed by atoms with E-state index in [0.29, 0.717) is 12.1 Å². The SMILES string of the molecule is C=CCNC(C(=O)O)c1cc(C)ccc1O. The third-order valence-electron chi connectivity index (χ3n) is 2.21. The zero-order chi connectivity index (χ0) is 12.1. The second-order valence-electron chi connectivity index (χ2n) is 3.53. The largest absolute Gasteiger partial charge is 0.508 e. The van der Waals surface area contributed by atoms with Crippen LogP contribution in [-0.2, 0) is 4.79 Å². The first kappa shape index (κ1) is 12.3. The molecule has 0 spiro atoms. The van der Waals surface area contributed by atoms with Crippen LogP contribution >= 0.6 is 0 Å². The molecule has 86 valence electrons. The van der Waals surface area contributed by atoms with Crippen molar-refractivity contribution in [2.24, 2.45) is 0 Å². The molecule has 1 atom stereocenters. The van der Waals surface area contributed by atoms with Crippen LogP contribution in [0.3, 0.4) is 0 Å². The Balaban J connectivity index is 3.04. The topological polar surface area (TPSA) is 69.6 Å². The van der Waals surface area contributed by atoms with Gasteiger partial charge in [0, 0.05) is 12.1 Å². The first-order valence-corrected chi connectivity index (χ1v) is 4.93. The van der Waals surface area contributed by atoms with Crippen LogP contribution in [-0.4, -0.2) is 22.7 Å². The van der Waals surface area contributed by atoms with Crippen molar-refractivity contribution in [3.05, 3.63) is 42.0 Å². The zero-order valence-corrected chi connectivity index (χ0v) is 9.10. The predicted molar refractivity (Wildman–Crippen MR) is 61.4 cm³/mol. The van der Waals surface area contributed by atoms with Gasteiger partial charge in [-0.25, -0.2) is 0 Å². The Morgan fingerprint density at radius 2 is 2.31 bits per heavy atom. The Morgan fingerprint density at radius 1 is 1.62 bits per heavy atom. The van der Waals surface area contributed by atoms with Crippen LogP contribution in [0.2, 0.25) is 0 Å². The minimum absolute atomic E-state index is 0.0189. The number of phenols is 1. The molecule has 0 saturated heterocycles. The highest BCUT2D eigenvalue weighted by molar-refractivity contribution is 5.76. The molecule has 0 aliphatic carbocycles. The van der Waals surface area contributed by atoms with E-state index < -0.39 is 12.0 Å². The number of phenolic OH excluding ortho intramolecular Hbond substituents is 1. The van der Waals surface area contributed by atoms with E-state index in [-0.39, 0.29) is 5.75 Å². The molecule has 1 rings (SSSR count). The second kappa shape index (κ2) is 5.32. The molecule has 0 aliphatic rings. The summed E-state index contributed by atoms with van der Waals surface area (Å²) < 4.78 is 0. The number of nitrogens with one attached hydrogen (secondary N) is 1. The van der Waals surface area contributed by atoms with Crippen LogP contribution in [0.1, 0.15) is 17.2 Å². The second-order valence-corrected chi connectivity index (χ2v) is 3.53. The molecule has 1 aromatic carbocycles. The Kier molecular flexibility index (Phi) is 4.08. The quantitative estimate of drug-likeness (QED) is 0.660. The maximum atomic E-state index is 11.1. The van der Waals surface area contributed by atoms with Gasteiger partial charge < -0.3 is 10.2 Å². The number of aliphatic carboxylic acids is 1. The number of hydrogen-bond donors (Lipinski definition) is 3. The fourth-order valence-electron chi connectivity index (χ4n) is 1.44. The Labute approximate surface area is 94.2 Å². The van der Waals surface area contributed by atoms with Gasteiger partial charge in [0.15, 0.2) is 0 Å². The molecule has 0 saturated carbocycles. The summed E-state index contributed by atoms with van der Waals surface area (Å²) >= 11 is 0. The first-order chi connectivity index (χ1) is 7.56. The van der Waals surface area contributed by atoms with Gasteiger partial charge in [0.2, 0.25) is 0 Å². The average Bonchev–Trinajstić information content (AvgIpc) is 2.23. The van der Waals surface area contributed by atoms with Crippen molar-refractivity contribution in [3.8, 4) is 5.75 Å². The highest BCUT2D eigenvalue weighted by Crippen LogP contribution is 2.25. The van der Waals surface area contributed by atoms with Crippen molar-refractivity contribution in [2.45, 2.75) is 13.0 Å². The van der Waals surface area contributed by atoms with Gasteiger partial charge in [-0.2, -0.15) is 0 Å². The van der Waals surface area contributed by atoms with E-state index in [1.54, 1.807) is 18.2 Å². The summed E-state index contributed by atoms with van der Waals surface area (Å²) in [6, 6.07) is 3.96. The van der Waals surface area contributed by atoms with E-state index in [1.165, 1.54) is 6.07 Å². The van der Waals surface area contributed by atoms with E-state index in [0.717, 1.165) is 5.56 Å². The molecule has 4 nitrogen and oxygen atoms in total. The van der Waals surface area contributed by atoms with Gasteiger partial charge in [-0.15, -0.1) is 6.58 Å². The van der Waals surface area contributed by atoms with Crippen molar-refractivity contribution in [3.63, 3.8) is 0 Å². The minimum Gasteiger partial charge on any atom is -0.508 e. The monoisotopic (exact) mass is 221 g/mol. The molecule has 0 aliphatic heterocycles. The molecule has 1 aromatic rings. The number of aromatic hydroxyl groups is 1. The van der Waals surface area contributed by atoms with Crippen molar-refractivity contribution in [2.75, 3.05) is 6.54 Å². The van der Waals surface area contributed by atoms with Gasteiger partial charge in [-0.1, -0.05) is 23.8 Å². The first-order valence-electron chi connectivity index (χ1n) is 4.93. The Bertz CT molecular complexity index is 401. The smallest absolute Gasteiger partial charge is 0.325 e. The van der Waals surface area contributed by atoms with Gasteiger partial charge in [0.1, 0.15) is 11.8 Å². The average molecular weight is 221 g/mol. The third kappa shape index (κ3) is 2.84. The molecular weight excluding hydrogens is 206 g/mol. The van der Waals surface area contributed by atoms with Crippen molar-refractivity contribution < 1.29 is 15.0 Å². The van der Waals surface area contributed by atoms with E-state index >= 15 is 0 Å². The van der Waals surface area contributed by atoms with Crippen molar-refractivity contribution in [1.29, 1.82) is 0 Å². The van der Waals surface area contributed by atoms with E-state index in [4.69, 9.17) is 5.11 Å². The lowest BCUT2D eigenvalue weighted by molar-refractivity contribution is -0.139. The maximum Gasteiger partial charge on any atom is 0.325 e. The summed E-state index contributed by atoms with van der Waals surface area (Å²) in [7, 11) is 0. The highest BCUT2D eigenvalue weighted by Gasteiger charge is 2.21. The fourth-order valence-corrected chi connectivity index (χ4v) is 1.44. The molecule has 0 radical (unpaired) electrons. The molecule has 0 bridgehead atoms. The Morgan fingerprint density at radius 3 is 2.88 bits per heavy atom. The summed E-state index contributed by atoms with van der Waals surface area (Å²) in [5, 5.41) is 21.5. The highest BCUT2D eigenvalue weighted by atomic mass is 16.4. The molecule has 4 heteroatoms. The van der Waals surface area contributed by atoms with Gasteiger partial charge >= 0.3 is 5.97 Å². The molecular formula is C12H15NO3. The molecule has 0 heterocycles. The van der Waals surface area contributed by atoms with Gasteiger partial charge in [-0.3, -0.25) is 10.1 Å². The lowest BCUT2D eigenvalue weighted by atomic mass is 10.0. The van der Waals surface area contributed by atoms with Gasteiger partial charge in [0.05, 0.1) is 0 Å². The van der Waals surface area contributed by atoms with Crippen molar-refractivity contribution in [1.82, 2.24) is 5.32 Å². The van der Waals surface area contributed by atoms with Crippen LogP contribution < -0.4 is 5.32 Å². The van der Waals surface area contributed by atoms with Crippen LogP contribution in [0.25, 0.3) is 0 Å². The van der Waals surface area contributed by atoms with E-state index in [9.17, 15) is 9.90 Å². The summed E-state index contributed by atoms with van der Waals surface area (Å²) in [4.78, 5) is 11.1.